The van der Waals surface area contributed by atoms with E-state index in [4.69, 9.17) is 0 Å². The quantitative estimate of drug-likeness (QED) is 0.901. The highest BCUT2D eigenvalue weighted by atomic mass is 32.1. The first kappa shape index (κ1) is 13.3. The van der Waals surface area contributed by atoms with E-state index < -0.39 is 0 Å². The number of aryl methyl sites for hydroxylation is 1. The number of hydrogen-bond donors (Lipinski definition) is 1. The topological polar surface area (TPSA) is 24.9 Å². The highest BCUT2D eigenvalue weighted by molar-refractivity contribution is 7.09. The smallest absolute Gasteiger partial charge is 0.0897 e. The van der Waals surface area contributed by atoms with E-state index in [1.54, 1.807) is 11.3 Å². The van der Waals surface area contributed by atoms with E-state index in [-0.39, 0.29) is 0 Å². The van der Waals surface area contributed by atoms with E-state index in [1.807, 2.05) is 0 Å². The van der Waals surface area contributed by atoms with Gasteiger partial charge in [0.1, 0.15) is 0 Å². The lowest BCUT2D eigenvalue weighted by Gasteiger charge is -2.59. The van der Waals surface area contributed by atoms with Gasteiger partial charge in [-0.2, -0.15) is 0 Å². The zero-order valence-electron chi connectivity index (χ0n) is 12.7. The maximum absolute atomic E-state index is 4.59. The monoisotopic (exact) mass is 290 g/mol. The molecule has 1 atom stereocenters. The fourth-order valence-electron chi connectivity index (χ4n) is 5.67. The third-order valence-corrected chi connectivity index (χ3v) is 7.08. The number of thiazole rings is 1. The summed E-state index contributed by atoms with van der Waals surface area (Å²) in [6.07, 6.45) is 9.08. The highest BCUT2D eigenvalue weighted by Gasteiger charge is 2.52. The molecule has 4 saturated carbocycles. The maximum Gasteiger partial charge on any atom is 0.0897 e. The highest BCUT2D eigenvalue weighted by Crippen LogP contribution is 2.61. The summed E-state index contributed by atoms with van der Waals surface area (Å²) in [5, 5.41) is 7.20. The average Bonchev–Trinajstić information content (AvgIpc) is 2.80. The summed E-state index contributed by atoms with van der Waals surface area (Å²) in [7, 11) is 0. The lowest BCUT2D eigenvalue weighted by atomic mass is 9.48. The van der Waals surface area contributed by atoms with Gasteiger partial charge >= 0.3 is 0 Å². The molecule has 0 aromatic carbocycles. The molecule has 4 bridgehead atoms. The third kappa shape index (κ3) is 2.23. The average molecular weight is 290 g/mol. The van der Waals surface area contributed by atoms with Gasteiger partial charge < -0.3 is 5.32 Å². The molecule has 4 aliphatic carbocycles. The standard InChI is InChI=1S/C17H26N2S/c1-11(18-9-16-10-20-12(2)19-16)17-6-13-3-14(7-17)5-15(4-13)8-17/h10-11,13-15,18H,3-9H2,1-2H3. The molecule has 2 nitrogen and oxygen atoms in total. The van der Waals surface area contributed by atoms with Gasteiger partial charge in [0, 0.05) is 18.0 Å². The summed E-state index contributed by atoms with van der Waals surface area (Å²) in [6, 6.07) is 0.651. The van der Waals surface area contributed by atoms with E-state index in [0.717, 1.165) is 24.3 Å². The largest absolute Gasteiger partial charge is 0.308 e. The van der Waals surface area contributed by atoms with E-state index in [9.17, 15) is 0 Å². The van der Waals surface area contributed by atoms with Gasteiger partial charge in [0.05, 0.1) is 10.7 Å². The Morgan fingerprint density at radius 3 is 2.35 bits per heavy atom. The minimum Gasteiger partial charge on any atom is -0.308 e. The van der Waals surface area contributed by atoms with Crippen molar-refractivity contribution in [3.8, 4) is 0 Å². The van der Waals surface area contributed by atoms with Crippen LogP contribution in [0.4, 0.5) is 0 Å². The molecule has 3 heteroatoms. The normalized spacial score (nSPS) is 40.2. The van der Waals surface area contributed by atoms with Crippen molar-refractivity contribution in [1.29, 1.82) is 0 Å². The second kappa shape index (κ2) is 4.81. The molecule has 1 heterocycles. The molecule has 1 N–H and O–H groups in total. The van der Waals surface area contributed by atoms with E-state index in [2.05, 4.69) is 29.5 Å². The Kier molecular flexibility index (Phi) is 3.19. The molecule has 110 valence electrons. The zero-order chi connectivity index (χ0) is 13.7. The molecule has 0 aliphatic heterocycles. The van der Waals surface area contributed by atoms with Crippen molar-refractivity contribution in [3.05, 3.63) is 16.1 Å². The molecule has 0 saturated heterocycles. The van der Waals surface area contributed by atoms with Gasteiger partial charge in [0.15, 0.2) is 0 Å². The summed E-state index contributed by atoms with van der Waals surface area (Å²) in [5.74, 6) is 3.14. The van der Waals surface area contributed by atoms with Crippen LogP contribution in [-0.2, 0) is 6.54 Å². The Morgan fingerprint density at radius 2 is 1.85 bits per heavy atom. The number of rotatable bonds is 4. The Hall–Kier alpha value is -0.410. The molecular weight excluding hydrogens is 264 g/mol. The molecule has 4 aliphatic rings. The number of nitrogens with zero attached hydrogens (tertiary/aromatic N) is 1. The van der Waals surface area contributed by atoms with Crippen LogP contribution >= 0.6 is 11.3 Å². The molecule has 5 rings (SSSR count). The van der Waals surface area contributed by atoms with Gasteiger partial charge in [0.2, 0.25) is 0 Å². The van der Waals surface area contributed by atoms with E-state index >= 15 is 0 Å². The predicted molar refractivity (Wildman–Crippen MR) is 83.8 cm³/mol. The SMILES string of the molecule is Cc1nc(CNC(C)C23CC4CC(CC(C4)C2)C3)cs1. The number of nitrogens with one attached hydrogen (secondary N) is 1. The molecule has 1 aromatic rings. The third-order valence-electron chi connectivity index (χ3n) is 6.26. The minimum absolute atomic E-state index is 0.611. The summed E-state index contributed by atoms with van der Waals surface area (Å²) >= 11 is 1.76. The van der Waals surface area contributed by atoms with Crippen LogP contribution in [0.2, 0.25) is 0 Å². The maximum atomic E-state index is 4.59. The molecule has 1 aromatic heterocycles. The first-order valence-electron chi connectivity index (χ1n) is 8.27. The van der Waals surface area contributed by atoms with Crippen LogP contribution in [0.5, 0.6) is 0 Å². The van der Waals surface area contributed by atoms with Crippen LogP contribution in [-0.4, -0.2) is 11.0 Å². The summed E-state index contributed by atoms with van der Waals surface area (Å²) in [4.78, 5) is 4.59. The zero-order valence-corrected chi connectivity index (χ0v) is 13.5. The summed E-state index contributed by atoms with van der Waals surface area (Å²) < 4.78 is 0. The van der Waals surface area contributed by atoms with Crippen LogP contribution in [0.3, 0.4) is 0 Å². The van der Waals surface area contributed by atoms with Gasteiger partial charge in [0.25, 0.3) is 0 Å². The van der Waals surface area contributed by atoms with Gasteiger partial charge in [-0.1, -0.05) is 0 Å². The van der Waals surface area contributed by atoms with Crippen molar-refractivity contribution < 1.29 is 0 Å². The second-order valence-corrected chi connectivity index (χ2v) is 8.80. The van der Waals surface area contributed by atoms with Crippen molar-refractivity contribution >= 4 is 11.3 Å². The second-order valence-electron chi connectivity index (χ2n) is 7.74. The minimum atomic E-state index is 0.611. The van der Waals surface area contributed by atoms with Crippen LogP contribution < -0.4 is 5.32 Å². The number of aromatic nitrogens is 1. The molecule has 1 unspecified atom stereocenters. The molecule has 20 heavy (non-hydrogen) atoms. The molecule has 0 spiro atoms. The Labute approximate surface area is 126 Å². The lowest BCUT2D eigenvalue weighted by molar-refractivity contribution is -0.0707. The summed E-state index contributed by atoms with van der Waals surface area (Å²) in [5.41, 5.74) is 1.84. The van der Waals surface area contributed by atoms with Gasteiger partial charge in [-0.15, -0.1) is 11.3 Å². The Bertz CT molecular complexity index is 458. The lowest BCUT2D eigenvalue weighted by Crippen LogP contribution is -2.54. The van der Waals surface area contributed by atoms with Crippen molar-refractivity contribution in [2.24, 2.45) is 23.2 Å². The van der Waals surface area contributed by atoms with Crippen LogP contribution in [0, 0.1) is 30.1 Å². The van der Waals surface area contributed by atoms with Crippen LogP contribution in [0.15, 0.2) is 5.38 Å². The molecule has 0 amide bonds. The van der Waals surface area contributed by atoms with Crippen molar-refractivity contribution in [2.45, 2.75) is 65.0 Å². The molecular formula is C17H26N2S. The Morgan fingerprint density at radius 1 is 1.25 bits per heavy atom. The first-order chi connectivity index (χ1) is 9.63. The molecule has 0 radical (unpaired) electrons. The fraction of sp³-hybridized carbons (Fsp3) is 0.824. The van der Waals surface area contributed by atoms with Crippen molar-refractivity contribution in [2.75, 3.05) is 0 Å². The van der Waals surface area contributed by atoms with E-state index in [0.29, 0.717) is 11.5 Å². The molecule has 4 fully saturated rings. The predicted octanol–water partition coefficient (Wildman–Crippen LogP) is 4.15. The fourth-order valence-corrected chi connectivity index (χ4v) is 6.28. The van der Waals surface area contributed by atoms with Gasteiger partial charge in [-0.05, 0) is 75.5 Å². The van der Waals surface area contributed by atoms with Crippen molar-refractivity contribution in [3.63, 3.8) is 0 Å². The first-order valence-corrected chi connectivity index (χ1v) is 9.15. The van der Waals surface area contributed by atoms with Gasteiger partial charge in [-0.25, -0.2) is 4.98 Å². The van der Waals surface area contributed by atoms with Crippen molar-refractivity contribution in [1.82, 2.24) is 10.3 Å². The van der Waals surface area contributed by atoms with Crippen LogP contribution in [0.25, 0.3) is 0 Å². The van der Waals surface area contributed by atoms with Crippen LogP contribution in [0.1, 0.15) is 56.2 Å². The Balaban J connectivity index is 1.44. The number of hydrogen-bond acceptors (Lipinski definition) is 3. The summed E-state index contributed by atoms with van der Waals surface area (Å²) in [6.45, 7) is 5.48. The van der Waals surface area contributed by atoms with Gasteiger partial charge in [-0.3, -0.25) is 0 Å². The van der Waals surface area contributed by atoms with E-state index in [1.165, 1.54) is 49.2 Å².